The minimum atomic E-state index is 0.0435. The molecule has 242 valence electrons. The molecule has 1 aliphatic carbocycles. The molecule has 1 saturated heterocycles. The summed E-state index contributed by atoms with van der Waals surface area (Å²) in [5.74, 6) is 0.413. The van der Waals surface area contributed by atoms with Crippen LogP contribution in [0.1, 0.15) is 29.9 Å². The van der Waals surface area contributed by atoms with Crippen molar-refractivity contribution in [2.75, 3.05) is 0 Å². The average Bonchev–Trinajstić information content (AvgIpc) is 3.74. The van der Waals surface area contributed by atoms with Crippen LogP contribution in [0.3, 0.4) is 0 Å². The Balaban J connectivity index is 1.07. The van der Waals surface area contributed by atoms with Gasteiger partial charge in [0, 0.05) is 44.3 Å². The Hall–Kier alpha value is -5.72. The van der Waals surface area contributed by atoms with Crippen molar-refractivity contribution in [3.63, 3.8) is 0 Å². The molecular formula is C45H37N4O+. The van der Waals surface area contributed by atoms with Crippen molar-refractivity contribution in [1.29, 1.82) is 0 Å². The summed E-state index contributed by atoms with van der Waals surface area (Å²) in [5.41, 5.74) is 10.1. The molecule has 4 N–H and O–H groups in total. The van der Waals surface area contributed by atoms with Crippen molar-refractivity contribution < 1.29 is 9.73 Å². The lowest BCUT2D eigenvalue weighted by Crippen LogP contribution is -3.00. The fourth-order valence-electron chi connectivity index (χ4n) is 8.17. The summed E-state index contributed by atoms with van der Waals surface area (Å²) in [7, 11) is 0. The number of aromatic nitrogens is 1. The Morgan fingerprint density at radius 2 is 1.40 bits per heavy atom. The number of nitrogens with one attached hydrogen (secondary N) is 2. The molecule has 5 nitrogen and oxygen atoms in total. The molecule has 3 heterocycles. The van der Waals surface area contributed by atoms with Gasteiger partial charge in [-0.1, -0.05) is 127 Å². The van der Waals surface area contributed by atoms with E-state index in [4.69, 9.17) is 4.42 Å². The maximum Gasteiger partial charge on any atom is 0.169 e. The topological polar surface area (TPSA) is 58.7 Å². The van der Waals surface area contributed by atoms with Crippen LogP contribution < -0.4 is 16.0 Å². The van der Waals surface area contributed by atoms with Gasteiger partial charge in [0.25, 0.3) is 0 Å². The third-order valence-corrected chi connectivity index (χ3v) is 10.6. The highest BCUT2D eigenvalue weighted by Crippen LogP contribution is 2.39. The number of fused-ring (bicyclic) bond motifs is 6. The van der Waals surface area contributed by atoms with Crippen LogP contribution in [-0.4, -0.2) is 10.7 Å². The van der Waals surface area contributed by atoms with E-state index in [2.05, 4.69) is 172 Å². The van der Waals surface area contributed by atoms with Gasteiger partial charge in [-0.15, -0.1) is 0 Å². The predicted molar refractivity (Wildman–Crippen MR) is 204 cm³/mol. The number of rotatable bonds is 5. The Morgan fingerprint density at radius 1 is 0.620 bits per heavy atom. The molecule has 1 fully saturated rings. The number of benzene rings is 6. The fourth-order valence-corrected chi connectivity index (χ4v) is 8.17. The number of para-hydroxylation sites is 3. The second-order valence-corrected chi connectivity index (χ2v) is 13.5. The molecule has 0 radical (unpaired) electrons. The van der Waals surface area contributed by atoms with Gasteiger partial charge < -0.3 is 14.3 Å². The Bertz CT molecular complexity index is 2590. The average molecular weight is 650 g/mol. The second-order valence-electron chi connectivity index (χ2n) is 13.5. The minimum Gasteiger partial charge on any atom is -0.455 e. The van der Waals surface area contributed by atoms with Crippen LogP contribution in [-0.2, 0) is 0 Å². The molecule has 1 aliphatic heterocycles. The number of nitrogens with two attached hydrogens (primary N) is 1. The third kappa shape index (κ3) is 4.90. The lowest BCUT2D eigenvalue weighted by atomic mass is 9.95. The minimum absolute atomic E-state index is 0.0435. The standard InChI is InChI=1S/C45H36N4O/c1-3-13-29(14-4-1)43-46-44(30-15-5-2-6-16-30)48-45(47-43)32-17-11-18-33(27-32)49-39-23-9-7-19-35(39)38-28-31(25-26-40(38)49)34-21-12-22-37-36-20-8-10-24-41(36)50-42(34)37/h1-15,17-28,30,43-48H,16H2/p+1. The molecule has 6 aromatic carbocycles. The Kier molecular flexibility index (Phi) is 7.01. The van der Waals surface area contributed by atoms with Crippen LogP contribution in [0.2, 0.25) is 0 Å². The van der Waals surface area contributed by atoms with E-state index >= 15 is 0 Å². The maximum absolute atomic E-state index is 6.44. The van der Waals surface area contributed by atoms with Gasteiger partial charge in [0.15, 0.2) is 6.17 Å². The van der Waals surface area contributed by atoms with Gasteiger partial charge in [0.2, 0.25) is 0 Å². The summed E-state index contributed by atoms with van der Waals surface area (Å²) < 4.78 is 8.86. The molecule has 0 bridgehead atoms. The Morgan fingerprint density at radius 3 is 2.30 bits per heavy atom. The SMILES string of the molecule is C1=CCC(C2NC(c3ccccc3)NC(c3cccc(-n4c5ccccc5c5cc(-c6cccc7c6oc6ccccc67)ccc54)c3)[NH2+]2)C=C1. The Labute approximate surface area is 290 Å². The first-order chi connectivity index (χ1) is 24.8. The molecule has 4 atom stereocenters. The second kappa shape index (κ2) is 12.0. The molecule has 0 amide bonds. The number of nitrogens with zero attached hydrogens (tertiary/aromatic N) is 1. The fraction of sp³-hybridized carbons (Fsp3) is 0.111. The predicted octanol–water partition coefficient (Wildman–Crippen LogP) is 9.26. The van der Waals surface area contributed by atoms with Gasteiger partial charge in [-0.3, -0.25) is 0 Å². The van der Waals surface area contributed by atoms with Gasteiger partial charge in [0.05, 0.1) is 17.2 Å². The quantitative estimate of drug-likeness (QED) is 0.174. The number of hydrogen-bond acceptors (Lipinski definition) is 3. The molecule has 4 unspecified atom stereocenters. The molecule has 50 heavy (non-hydrogen) atoms. The van der Waals surface area contributed by atoms with E-state index in [1.165, 1.54) is 32.9 Å². The number of allylic oxidation sites excluding steroid dienone is 3. The van der Waals surface area contributed by atoms with Crippen LogP contribution in [0.4, 0.5) is 0 Å². The molecular weight excluding hydrogens is 613 g/mol. The highest BCUT2D eigenvalue weighted by molar-refractivity contribution is 6.13. The van der Waals surface area contributed by atoms with Crippen LogP contribution in [0.15, 0.2) is 168 Å². The van der Waals surface area contributed by atoms with Crippen LogP contribution in [0.5, 0.6) is 0 Å². The monoisotopic (exact) mass is 649 g/mol. The smallest absolute Gasteiger partial charge is 0.169 e. The molecule has 2 aliphatic rings. The normalized spacial score (nSPS) is 20.7. The molecule has 0 spiro atoms. The zero-order valence-electron chi connectivity index (χ0n) is 27.5. The molecule has 8 aromatic rings. The third-order valence-electron chi connectivity index (χ3n) is 10.6. The van der Waals surface area contributed by atoms with E-state index in [-0.39, 0.29) is 18.5 Å². The van der Waals surface area contributed by atoms with Crippen molar-refractivity contribution in [1.82, 2.24) is 15.2 Å². The summed E-state index contributed by atoms with van der Waals surface area (Å²) in [5, 5.41) is 15.0. The van der Waals surface area contributed by atoms with E-state index < -0.39 is 0 Å². The first kappa shape index (κ1) is 29.2. The number of furan rings is 1. The van der Waals surface area contributed by atoms with Crippen LogP contribution >= 0.6 is 0 Å². The van der Waals surface area contributed by atoms with E-state index in [1.807, 2.05) is 12.1 Å². The summed E-state index contributed by atoms with van der Waals surface area (Å²) in [6.45, 7) is 0. The summed E-state index contributed by atoms with van der Waals surface area (Å²) >= 11 is 0. The highest BCUT2D eigenvalue weighted by atomic mass is 16.3. The number of hydrogen-bond donors (Lipinski definition) is 3. The van der Waals surface area contributed by atoms with Gasteiger partial charge in [-0.25, -0.2) is 10.6 Å². The number of quaternary nitrogens is 1. The van der Waals surface area contributed by atoms with E-state index in [1.54, 1.807) is 0 Å². The van der Waals surface area contributed by atoms with Gasteiger partial charge in [-0.2, -0.15) is 0 Å². The summed E-state index contributed by atoms with van der Waals surface area (Å²) in [4.78, 5) is 0. The lowest BCUT2D eigenvalue weighted by Gasteiger charge is -2.39. The highest BCUT2D eigenvalue weighted by Gasteiger charge is 2.36. The van der Waals surface area contributed by atoms with Gasteiger partial charge in [0.1, 0.15) is 17.3 Å². The largest absolute Gasteiger partial charge is 0.455 e. The van der Waals surface area contributed by atoms with E-state index in [0.717, 1.165) is 45.2 Å². The first-order valence-corrected chi connectivity index (χ1v) is 17.6. The molecule has 2 aromatic heterocycles. The zero-order valence-corrected chi connectivity index (χ0v) is 27.5. The molecule has 0 saturated carbocycles. The zero-order chi connectivity index (χ0) is 33.0. The summed E-state index contributed by atoms with van der Waals surface area (Å²) in [6, 6.07) is 50.2. The van der Waals surface area contributed by atoms with Crippen LogP contribution in [0.25, 0.3) is 60.6 Å². The first-order valence-electron chi connectivity index (χ1n) is 17.6. The lowest BCUT2D eigenvalue weighted by molar-refractivity contribution is -0.753. The van der Waals surface area contributed by atoms with E-state index in [0.29, 0.717) is 5.92 Å². The maximum atomic E-state index is 6.44. The van der Waals surface area contributed by atoms with Crippen molar-refractivity contribution in [2.45, 2.75) is 24.9 Å². The van der Waals surface area contributed by atoms with E-state index in [9.17, 15) is 0 Å². The van der Waals surface area contributed by atoms with Crippen LogP contribution in [0, 0.1) is 5.92 Å². The van der Waals surface area contributed by atoms with Crippen molar-refractivity contribution in [3.8, 4) is 16.8 Å². The van der Waals surface area contributed by atoms with Crippen molar-refractivity contribution in [3.05, 3.63) is 175 Å². The molecule has 5 heteroatoms. The molecule has 10 rings (SSSR count). The van der Waals surface area contributed by atoms with Crippen molar-refractivity contribution >= 4 is 43.7 Å². The van der Waals surface area contributed by atoms with Crippen molar-refractivity contribution in [2.24, 2.45) is 5.92 Å². The van der Waals surface area contributed by atoms with Gasteiger partial charge >= 0.3 is 0 Å². The van der Waals surface area contributed by atoms with Gasteiger partial charge in [-0.05, 0) is 53.9 Å². The summed E-state index contributed by atoms with van der Waals surface area (Å²) in [6.07, 6.45) is 10.4.